The molecule has 0 bridgehead atoms. The molecule has 0 heterocycles. The van der Waals surface area contributed by atoms with Crippen molar-refractivity contribution < 1.29 is 0 Å². The van der Waals surface area contributed by atoms with Crippen molar-refractivity contribution in [2.24, 2.45) is 0 Å². The molecule has 0 atom stereocenters. The molecule has 2 N–H and O–H groups in total. The van der Waals surface area contributed by atoms with Crippen molar-refractivity contribution in [3.05, 3.63) is 50.6 Å². The molecule has 0 aromatic heterocycles. The molecule has 0 amide bonds. The van der Waals surface area contributed by atoms with E-state index in [-0.39, 0.29) is 0 Å². The van der Waals surface area contributed by atoms with Gasteiger partial charge in [0.2, 0.25) is 0 Å². The van der Waals surface area contributed by atoms with Gasteiger partial charge in [0.05, 0.1) is 0 Å². The zero-order valence-corrected chi connectivity index (χ0v) is 14.1. The Kier molecular flexibility index (Phi) is 15.3. The minimum atomic E-state index is 0.846. The summed E-state index contributed by atoms with van der Waals surface area (Å²) in [5.74, 6) is 0. The summed E-state index contributed by atoms with van der Waals surface area (Å²) in [7, 11) is 0. The number of hydrogen-bond acceptors (Lipinski definition) is 4. The van der Waals surface area contributed by atoms with Gasteiger partial charge in [-0.05, 0) is 12.8 Å². The lowest BCUT2D eigenvalue weighted by molar-refractivity contribution is 0.226. The molecule has 0 spiro atoms. The van der Waals surface area contributed by atoms with Crippen molar-refractivity contribution in [1.29, 1.82) is 0 Å². The topological polar surface area (TPSA) is 30.5 Å². The Hall–Kier alpha value is -1.20. The Bertz CT molecular complexity index is 251. The Morgan fingerprint density at radius 3 is 1.14 bits per heavy atom. The molecule has 22 heavy (non-hydrogen) atoms. The van der Waals surface area contributed by atoms with E-state index in [1.165, 1.54) is 25.7 Å². The molecule has 0 saturated heterocycles. The summed E-state index contributed by atoms with van der Waals surface area (Å²) < 4.78 is 0. The van der Waals surface area contributed by atoms with E-state index in [0.29, 0.717) is 0 Å². The maximum absolute atomic E-state index is 3.76. The molecular weight excluding hydrogens is 272 g/mol. The van der Waals surface area contributed by atoms with Crippen LogP contribution in [0.2, 0.25) is 0 Å². The van der Waals surface area contributed by atoms with Crippen molar-refractivity contribution >= 4 is 0 Å². The predicted molar refractivity (Wildman–Crippen MR) is 98.4 cm³/mol. The number of hydrazine groups is 2. The van der Waals surface area contributed by atoms with E-state index in [9.17, 15) is 0 Å². The van der Waals surface area contributed by atoms with Crippen molar-refractivity contribution in [2.45, 2.75) is 25.7 Å². The quantitative estimate of drug-likeness (QED) is 0.246. The lowest BCUT2D eigenvalue weighted by atomic mass is 10.2. The second kappa shape index (κ2) is 16.2. The number of rotatable bonds is 17. The molecule has 0 aromatic rings. The van der Waals surface area contributed by atoms with Crippen LogP contribution in [0.15, 0.2) is 50.6 Å². The van der Waals surface area contributed by atoms with Crippen LogP contribution in [-0.2, 0) is 0 Å². The lowest BCUT2D eigenvalue weighted by Crippen LogP contribution is -2.39. The van der Waals surface area contributed by atoms with E-state index in [4.69, 9.17) is 0 Å². The summed E-state index contributed by atoms with van der Waals surface area (Å²) >= 11 is 0. The fourth-order valence-electron chi connectivity index (χ4n) is 2.11. The number of nitrogens with zero attached hydrogens (tertiary/aromatic N) is 2. The fraction of sp³-hybridized carbons (Fsp3) is 0.556. The van der Waals surface area contributed by atoms with Gasteiger partial charge in [-0.3, -0.25) is 10.9 Å². The van der Waals surface area contributed by atoms with Crippen LogP contribution in [0.25, 0.3) is 0 Å². The van der Waals surface area contributed by atoms with Gasteiger partial charge in [-0.25, -0.2) is 10.0 Å². The minimum Gasteiger partial charge on any atom is -0.255 e. The van der Waals surface area contributed by atoms with Crippen molar-refractivity contribution in [3.63, 3.8) is 0 Å². The van der Waals surface area contributed by atoms with E-state index in [1.807, 2.05) is 24.3 Å². The van der Waals surface area contributed by atoms with Gasteiger partial charge in [0.1, 0.15) is 0 Å². The molecule has 0 aromatic carbocycles. The second-order valence-corrected chi connectivity index (χ2v) is 5.20. The number of hydrogen-bond donors (Lipinski definition) is 2. The van der Waals surface area contributed by atoms with E-state index >= 15 is 0 Å². The minimum absolute atomic E-state index is 0.846. The summed E-state index contributed by atoms with van der Waals surface area (Å²) in [6.07, 6.45) is 12.5. The summed E-state index contributed by atoms with van der Waals surface area (Å²) in [5.41, 5.74) is 6.82. The van der Waals surface area contributed by atoms with Gasteiger partial charge in [-0.2, -0.15) is 0 Å². The highest BCUT2D eigenvalue weighted by Crippen LogP contribution is 1.99. The zero-order chi connectivity index (χ0) is 16.5. The van der Waals surface area contributed by atoms with Crippen LogP contribution >= 0.6 is 0 Å². The van der Waals surface area contributed by atoms with Gasteiger partial charge in [0.25, 0.3) is 0 Å². The van der Waals surface area contributed by atoms with Crippen LogP contribution in [0.1, 0.15) is 25.7 Å². The van der Waals surface area contributed by atoms with Gasteiger partial charge in [0.15, 0.2) is 0 Å². The third kappa shape index (κ3) is 12.5. The Morgan fingerprint density at radius 1 is 0.545 bits per heavy atom. The molecule has 126 valence electrons. The number of unbranched alkanes of at least 4 members (excludes halogenated alkanes) is 3. The van der Waals surface area contributed by atoms with Gasteiger partial charge in [0, 0.05) is 39.3 Å². The van der Waals surface area contributed by atoms with Gasteiger partial charge < -0.3 is 0 Å². The normalized spacial score (nSPS) is 10.8. The van der Waals surface area contributed by atoms with Gasteiger partial charge in [-0.15, -0.1) is 26.3 Å². The Labute approximate surface area is 137 Å². The third-order valence-corrected chi connectivity index (χ3v) is 3.17. The largest absolute Gasteiger partial charge is 0.255 e. The van der Waals surface area contributed by atoms with Crippen LogP contribution in [0.5, 0.6) is 0 Å². The van der Waals surface area contributed by atoms with Gasteiger partial charge in [-0.1, -0.05) is 37.1 Å². The lowest BCUT2D eigenvalue weighted by Gasteiger charge is -2.20. The zero-order valence-electron chi connectivity index (χ0n) is 14.1. The van der Waals surface area contributed by atoms with Crippen molar-refractivity contribution in [2.75, 3.05) is 39.3 Å². The highest BCUT2D eigenvalue weighted by Gasteiger charge is 2.00. The average molecular weight is 306 g/mol. The molecule has 0 aliphatic heterocycles. The van der Waals surface area contributed by atoms with Crippen LogP contribution < -0.4 is 10.9 Å². The maximum Gasteiger partial charge on any atom is 0.0312 e. The summed E-state index contributed by atoms with van der Waals surface area (Å²) in [5, 5.41) is 4.26. The first-order valence-corrected chi connectivity index (χ1v) is 8.19. The molecule has 0 saturated carbocycles. The van der Waals surface area contributed by atoms with E-state index in [0.717, 1.165) is 39.3 Å². The van der Waals surface area contributed by atoms with Crippen molar-refractivity contribution in [3.8, 4) is 0 Å². The molecule has 4 heteroatoms. The van der Waals surface area contributed by atoms with Crippen LogP contribution in [0.3, 0.4) is 0 Å². The summed E-state index contributed by atoms with van der Waals surface area (Å²) in [6, 6.07) is 0. The molecular formula is C18H34N4. The highest BCUT2D eigenvalue weighted by atomic mass is 15.5. The first-order valence-electron chi connectivity index (χ1n) is 8.19. The predicted octanol–water partition coefficient (Wildman–Crippen LogP) is 2.90. The first-order chi connectivity index (χ1) is 10.8. The molecule has 0 aliphatic carbocycles. The smallest absolute Gasteiger partial charge is 0.0312 e. The van der Waals surface area contributed by atoms with E-state index in [1.54, 1.807) is 0 Å². The first kappa shape index (κ1) is 20.8. The monoisotopic (exact) mass is 306 g/mol. The molecule has 0 rings (SSSR count). The number of nitrogens with one attached hydrogen (secondary N) is 2. The SMILES string of the molecule is C=CCN(CC=C)NCCCCCCNN(CC=C)CC=C. The van der Waals surface area contributed by atoms with Crippen molar-refractivity contribution in [1.82, 2.24) is 20.9 Å². The highest BCUT2D eigenvalue weighted by molar-refractivity contribution is 4.78. The van der Waals surface area contributed by atoms with E-state index < -0.39 is 0 Å². The molecule has 0 unspecified atom stereocenters. The maximum atomic E-state index is 3.76. The Balaban J connectivity index is 3.52. The summed E-state index contributed by atoms with van der Waals surface area (Å²) in [4.78, 5) is 0. The van der Waals surface area contributed by atoms with Crippen LogP contribution in [0.4, 0.5) is 0 Å². The second-order valence-electron chi connectivity index (χ2n) is 5.20. The molecule has 4 nitrogen and oxygen atoms in total. The standard InChI is InChI=1S/C18H34N4/c1-5-15-21(16-6-2)19-13-11-9-10-12-14-20-22(17-7-3)18-8-4/h5-8,19-20H,1-4,9-18H2. The van der Waals surface area contributed by atoms with Crippen LogP contribution in [0, 0.1) is 0 Å². The summed E-state index contributed by atoms with van der Waals surface area (Å²) in [6.45, 7) is 20.4. The molecule has 0 fully saturated rings. The van der Waals surface area contributed by atoms with Crippen LogP contribution in [-0.4, -0.2) is 49.3 Å². The fourth-order valence-corrected chi connectivity index (χ4v) is 2.11. The molecule has 0 aliphatic rings. The Morgan fingerprint density at radius 2 is 0.864 bits per heavy atom. The third-order valence-electron chi connectivity index (χ3n) is 3.17. The van der Waals surface area contributed by atoms with E-state index in [2.05, 4.69) is 47.2 Å². The van der Waals surface area contributed by atoms with Gasteiger partial charge >= 0.3 is 0 Å². The molecule has 0 radical (unpaired) electrons. The average Bonchev–Trinajstić information content (AvgIpc) is 2.50.